The minimum absolute atomic E-state index is 0.228. The topological polar surface area (TPSA) is 77.0 Å². The Morgan fingerprint density at radius 2 is 1.82 bits per heavy atom. The lowest BCUT2D eigenvalue weighted by Gasteiger charge is -2.11. The number of nitrogens with zero attached hydrogens (tertiary/aromatic N) is 1. The Morgan fingerprint density at radius 1 is 1.06 bits per heavy atom. The monoisotopic (exact) mass is 462 g/mol. The van der Waals surface area contributed by atoms with Crippen molar-refractivity contribution < 1.29 is 23.5 Å². The molecule has 8 heteroatoms. The van der Waals surface area contributed by atoms with Crippen molar-refractivity contribution in [3.05, 3.63) is 100 Å². The van der Waals surface area contributed by atoms with E-state index in [2.05, 4.69) is 10.3 Å². The summed E-state index contributed by atoms with van der Waals surface area (Å²) in [6.07, 6.45) is 1.68. The molecule has 1 fully saturated rings. The van der Waals surface area contributed by atoms with Crippen LogP contribution >= 0.6 is 11.8 Å². The number of nitrogens with one attached hydrogen (secondary N) is 1. The van der Waals surface area contributed by atoms with Crippen LogP contribution in [0.4, 0.5) is 4.39 Å². The van der Waals surface area contributed by atoms with E-state index in [1.165, 1.54) is 19.2 Å². The average Bonchev–Trinajstić information content (AvgIpc) is 3.17. The smallest absolute Gasteiger partial charge is 0.279 e. The van der Waals surface area contributed by atoms with Crippen LogP contribution in [0.15, 0.2) is 82.7 Å². The quantitative estimate of drug-likeness (QED) is 0.532. The zero-order valence-corrected chi connectivity index (χ0v) is 18.4. The highest BCUT2D eigenvalue weighted by molar-refractivity contribution is 8.18. The first-order valence-electron chi connectivity index (χ1n) is 9.96. The van der Waals surface area contributed by atoms with Gasteiger partial charge in [-0.05, 0) is 65.4 Å². The molecule has 1 saturated heterocycles. The Balaban J connectivity index is 1.46. The van der Waals surface area contributed by atoms with E-state index in [0.29, 0.717) is 27.5 Å². The predicted octanol–water partition coefficient (Wildman–Crippen LogP) is 4.81. The third kappa shape index (κ3) is 5.67. The van der Waals surface area contributed by atoms with Crippen LogP contribution < -0.4 is 14.8 Å². The third-order valence-electron chi connectivity index (χ3n) is 4.67. The van der Waals surface area contributed by atoms with Gasteiger partial charge in [-0.25, -0.2) is 4.39 Å². The molecule has 6 nitrogen and oxygen atoms in total. The molecule has 1 aliphatic rings. The molecule has 0 radical (unpaired) electrons. The van der Waals surface area contributed by atoms with Gasteiger partial charge in [-0.3, -0.25) is 9.59 Å². The van der Waals surface area contributed by atoms with E-state index in [9.17, 15) is 14.0 Å². The molecule has 4 rings (SSSR count). The van der Waals surface area contributed by atoms with E-state index in [1.807, 2.05) is 6.07 Å². The van der Waals surface area contributed by atoms with Gasteiger partial charge in [0.15, 0.2) is 16.7 Å². The molecular weight excluding hydrogens is 443 g/mol. The van der Waals surface area contributed by atoms with Crippen molar-refractivity contribution in [2.24, 2.45) is 4.99 Å². The minimum Gasteiger partial charge on any atom is -0.493 e. The van der Waals surface area contributed by atoms with Crippen molar-refractivity contribution >= 4 is 34.8 Å². The third-order valence-corrected chi connectivity index (χ3v) is 5.58. The van der Waals surface area contributed by atoms with Crippen molar-refractivity contribution in [1.82, 2.24) is 5.32 Å². The maximum Gasteiger partial charge on any atom is 0.279 e. The van der Waals surface area contributed by atoms with E-state index >= 15 is 0 Å². The summed E-state index contributed by atoms with van der Waals surface area (Å²) >= 11 is 1.09. The zero-order chi connectivity index (χ0) is 23.2. The average molecular weight is 463 g/mol. The van der Waals surface area contributed by atoms with E-state index in [0.717, 1.165) is 17.3 Å². The lowest BCUT2D eigenvalue weighted by atomic mass is 10.2. The van der Waals surface area contributed by atoms with Gasteiger partial charge in [0.2, 0.25) is 0 Å². The van der Waals surface area contributed by atoms with Crippen LogP contribution in [0, 0.1) is 5.82 Å². The molecule has 33 heavy (non-hydrogen) atoms. The summed E-state index contributed by atoms with van der Waals surface area (Å²) in [5.74, 6) is -0.0643. The highest BCUT2D eigenvalue weighted by Gasteiger charge is 2.25. The molecule has 1 N–H and O–H groups in total. The minimum atomic E-state index is -0.427. The molecule has 0 aromatic heterocycles. The summed E-state index contributed by atoms with van der Waals surface area (Å²) in [5.41, 5.74) is 1.98. The first-order chi connectivity index (χ1) is 16.0. The molecule has 0 atom stereocenters. The predicted molar refractivity (Wildman–Crippen MR) is 126 cm³/mol. The molecule has 2 amide bonds. The number of amidine groups is 1. The van der Waals surface area contributed by atoms with E-state index in [-0.39, 0.29) is 23.5 Å². The van der Waals surface area contributed by atoms with Crippen molar-refractivity contribution in [1.29, 1.82) is 0 Å². The van der Waals surface area contributed by atoms with Crippen LogP contribution in [0.5, 0.6) is 11.5 Å². The van der Waals surface area contributed by atoms with Gasteiger partial charge in [0.1, 0.15) is 12.4 Å². The molecule has 3 aromatic carbocycles. The molecule has 0 saturated carbocycles. The second-order valence-corrected chi connectivity index (χ2v) is 8.01. The maximum atomic E-state index is 13.1. The molecule has 3 aromatic rings. The standard InChI is InChI=1S/C25H19FN2O4S/c1-31-21-13-17(9-12-20(21)32-15-16-7-10-19(26)11-8-16)14-22-24(30)28-25(33-22)27-23(29)18-5-3-2-4-6-18/h2-14H,15H2,1H3,(H,27,28,29,30)/b22-14-. The lowest BCUT2D eigenvalue weighted by Crippen LogP contribution is -2.20. The van der Waals surface area contributed by atoms with Gasteiger partial charge < -0.3 is 14.8 Å². The van der Waals surface area contributed by atoms with Crippen LogP contribution in [-0.2, 0) is 11.4 Å². The fourth-order valence-electron chi connectivity index (χ4n) is 3.00. The summed E-state index contributed by atoms with van der Waals surface area (Å²) in [6, 6.07) is 20.0. The molecule has 0 spiro atoms. The number of carbonyl (C=O) groups is 2. The van der Waals surface area contributed by atoms with Gasteiger partial charge in [0.25, 0.3) is 11.8 Å². The fraction of sp³-hybridized carbons (Fsp3) is 0.0800. The molecule has 0 aliphatic carbocycles. The number of amides is 2. The first-order valence-corrected chi connectivity index (χ1v) is 10.8. The Morgan fingerprint density at radius 3 is 2.55 bits per heavy atom. The summed E-state index contributed by atoms with van der Waals surface area (Å²) in [4.78, 5) is 29.0. The van der Waals surface area contributed by atoms with Crippen LogP contribution in [0.25, 0.3) is 6.08 Å². The number of methoxy groups -OCH3 is 1. The molecule has 0 bridgehead atoms. The SMILES string of the molecule is COc1cc(/C=C2\SC(=NC(=O)c3ccccc3)NC2=O)ccc1OCc1ccc(F)cc1. The van der Waals surface area contributed by atoms with Crippen LogP contribution in [0.3, 0.4) is 0 Å². The molecule has 1 heterocycles. The normalized spacial score (nSPS) is 15.5. The van der Waals surface area contributed by atoms with Crippen LogP contribution in [-0.4, -0.2) is 24.1 Å². The number of rotatable bonds is 6. The second kappa shape index (κ2) is 10.1. The van der Waals surface area contributed by atoms with Gasteiger partial charge >= 0.3 is 0 Å². The first kappa shape index (κ1) is 22.3. The summed E-state index contributed by atoms with van der Waals surface area (Å²) < 4.78 is 24.3. The molecule has 166 valence electrons. The molecule has 1 aliphatic heterocycles. The van der Waals surface area contributed by atoms with Crippen LogP contribution in [0.2, 0.25) is 0 Å². The number of hydrogen-bond donors (Lipinski definition) is 1. The van der Waals surface area contributed by atoms with E-state index in [4.69, 9.17) is 9.47 Å². The summed E-state index contributed by atoms with van der Waals surface area (Å²) in [5, 5.41) is 2.84. The number of thioether (sulfide) groups is 1. The number of hydrogen-bond acceptors (Lipinski definition) is 5. The number of aliphatic imine (C=N–C) groups is 1. The van der Waals surface area contributed by atoms with Gasteiger partial charge in [-0.2, -0.15) is 4.99 Å². The van der Waals surface area contributed by atoms with Crippen molar-refractivity contribution in [3.63, 3.8) is 0 Å². The van der Waals surface area contributed by atoms with Gasteiger partial charge in [-0.15, -0.1) is 0 Å². The number of carbonyl (C=O) groups excluding carboxylic acids is 2. The fourth-order valence-corrected chi connectivity index (χ4v) is 3.82. The molecular formula is C25H19FN2O4S. The van der Waals surface area contributed by atoms with Crippen molar-refractivity contribution in [3.8, 4) is 11.5 Å². The zero-order valence-electron chi connectivity index (χ0n) is 17.6. The Labute approximate surface area is 194 Å². The number of ether oxygens (including phenoxy) is 2. The largest absolute Gasteiger partial charge is 0.493 e. The van der Waals surface area contributed by atoms with Gasteiger partial charge in [0, 0.05) is 5.56 Å². The summed E-state index contributed by atoms with van der Waals surface area (Å²) in [6.45, 7) is 0.255. The Bertz CT molecular complexity index is 1240. The van der Waals surface area contributed by atoms with Crippen molar-refractivity contribution in [2.75, 3.05) is 7.11 Å². The van der Waals surface area contributed by atoms with Gasteiger partial charge in [0.05, 0.1) is 12.0 Å². The van der Waals surface area contributed by atoms with Crippen molar-refractivity contribution in [2.45, 2.75) is 6.61 Å². The number of halogens is 1. The summed E-state index contributed by atoms with van der Waals surface area (Å²) in [7, 11) is 1.52. The Hall–Kier alpha value is -3.91. The highest BCUT2D eigenvalue weighted by Crippen LogP contribution is 2.32. The number of benzene rings is 3. The Kier molecular flexibility index (Phi) is 6.85. The maximum absolute atomic E-state index is 13.1. The van der Waals surface area contributed by atoms with E-state index in [1.54, 1.807) is 60.7 Å². The van der Waals surface area contributed by atoms with Gasteiger partial charge in [-0.1, -0.05) is 36.4 Å². The lowest BCUT2D eigenvalue weighted by molar-refractivity contribution is -0.115. The second-order valence-electron chi connectivity index (χ2n) is 6.98. The highest BCUT2D eigenvalue weighted by atomic mass is 32.2. The van der Waals surface area contributed by atoms with Crippen LogP contribution in [0.1, 0.15) is 21.5 Å². The molecule has 0 unspecified atom stereocenters. The van der Waals surface area contributed by atoms with E-state index < -0.39 is 5.91 Å².